The minimum atomic E-state index is -0.677. The number of ether oxygens (including phenoxy) is 3. The SMILES string of the molecule is COCCOc1ccc([N+](=O)[O-])cc1N(C)C(=O)OC(C)(C)C. The quantitative estimate of drug-likeness (QED) is 0.453. The number of carbonyl (C=O) groups is 1. The number of nitro benzene ring substituents is 1. The van der Waals surface area contributed by atoms with E-state index in [4.69, 9.17) is 14.2 Å². The van der Waals surface area contributed by atoms with E-state index in [2.05, 4.69) is 0 Å². The molecule has 0 bridgehead atoms. The van der Waals surface area contributed by atoms with Gasteiger partial charge in [-0.1, -0.05) is 0 Å². The molecule has 23 heavy (non-hydrogen) atoms. The molecule has 0 saturated carbocycles. The Labute approximate surface area is 135 Å². The molecule has 1 rings (SSSR count). The predicted molar refractivity (Wildman–Crippen MR) is 85.1 cm³/mol. The predicted octanol–water partition coefficient (Wildman–Crippen LogP) is 2.99. The average molecular weight is 326 g/mol. The fourth-order valence-electron chi connectivity index (χ4n) is 1.67. The van der Waals surface area contributed by atoms with E-state index < -0.39 is 16.6 Å². The lowest BCUT2D eigenvalue weighted by molar-refractivity contribution is -0.384. The lowest BCUT2D eigenvalue weighted by atomic mass is 10.2. The van der Waals surface area contributed by atoms with Crippen LogP contribution in [0.5, 0.6) is 5.75 Å². The zero-order valence-electron chi connectivity index (χ0n) is 14.0. The Morgan fingerprint density at radius 2 is 1.96 bits per heavy atom. The summed E-state index contributed by atoms with van der Waals surface area (Å²) < 4.78 is 15.7. The van der Waals surface area contributed by atoms with Crippen LogP contribution >= 0.6 is 0 Å². The van der Waals surface area contributed by atoms with E-state index in [-0.39, 0.29) is 18.0 Å². The van der Waals surface area contributed by atoms with Gasteiger partial charge in [-0.05, 0) is 26.8 Å². The summed E-state index contributed by atoms with van der Waals surface area (Å²) in [6.45, 7) is 5.82. The van der Waals surface area contributed by atoms with Crippen LogP contribution in [-0.2, 0) is 9.47 Å². The molecule has 1 amide bonds. The summed E-state index contributed by atoms with van der Waals surface area (Å²) in [6.07, 6.45) is -0.630. The fraction of sp³-hybridized carbons (Fsp3) is 0.533. The van der Waals surface area contributed by atoms with Crippen molar-refractivity contribution >= 4 is 17.5 Å². The van der Waals surface area contributed by atoms with Gasteiger partial charge in [0.25, 0.3) is 5.69 Å². The zero-order valence-corrected chi connectivity index (χ0v) is 14.0. The molecule has 0 aliphatic rings. The minimum Gasteiger partial charge on any atom is -0.489 e. The first-order valence-electron chi connectivity index (χ1n) is 7.02. The molecule has 0 unspecified atom stereocenters. The smallest absolute Gasteiger partial charge is 0.414 e. The highest BCUT2D eigenvalue weighted by atomic mass is 16.6. The number of hydrogen-bond acceptors (Lipinski definition) is 6. The van der Waals surface area contributed by atoms with Crippen molar-refractivity contribution in [2.24, 2.45) is 0 Å². The standard InChI is InChI=1S/C15H22N2O6/c1-15(2,3)23-14(18)16(4)12-10-11(17(19)20)6-7-13(12)22-9-8-21-5/h6-7,10H,8-9H2,1-5H3. The first-order chi connectivity index (χ1) is 10.7. The van der Waals surface area contributed by atoms with Crippen LogP contribution in [0.4, 0.5) is 16.2 Å². The van der Waals surface area contributed by atoms with Gasteiger partial charge in [0.1, 0.15) is 18.0 Å². The van der Waals surface area contributed by atoms with Crippen molar-refractivity contribution in [1.29, 1.82) is 0 Å². The number of non-ortho nitro benzene ring substituents is 1. The third-order valence-corrected chi connectivity index (χ3v) is 2.73. The Balaban J connectivity index is 3.09. The Kier molecular flexibility index (Phi) is 6.32. The van der Waals surface area contributed by atoms with E-state index in [0.29, 0.717) is 12.4 Å². The molecular weight excluding hydrogens is 304 g/mol. The van der Waals surface area contributed by atoms with Crippen molar-refractivity contribution < 1.29 is 23.9 Å². The van der Waals surface area contributed by atoms with E-state index in [1.807, 2.05) is 0 Å². The van der Waals surface area contributed by atoms with Crippen molar-refractivity contribution in [1.82, 2.24) is 0 Å². The maximum Gasteiger partial charge on any atom is 0.414 e. The van der Waals surface area contributed by atoms with Gasteiger partial charge in [0.05, 0.1) is 17.2 Å². The normalized spacial score (nSPS) is 11.0. The second kappa shape index (κ2) is 7.77. The molecule has 0 spiro atoms. The van der Waals surface area contributed by atoms with Gasteiger partial charge < -0.3 is 14.2 Å². The summed E-state index contributed by atoms with van der Waals surface area (Å²) in [6, 6.07) is 4.03. The summed E-state index contributed by atoms with van der Waals surface area (Å²) in [5.74, 6) is 0.334. The summed E-state index contributed by atoms with van der Waals surface area (Å²) >= 11 is 0. The highest BCUT2D eigenvalue weighted by Crippen LogP contribution is 2.32. The lowest BCUT2D eigenvalue weighted by Crippen LogP contribution is -2.34. The van der Waals surface area contributed by atoms with Crippen molar-refractivity contribution in [3.8, 4) is 5.75 Å². The Morgan fingerprint density at radius 1 is 1.30 bits per heavy atom. The molecule has 0 aliphatic carbocycles. The molecule has 1 aromatic rings. The Hall–Kier alpha value is -2.35. The molecule has 0 aromatic heterocycles. The van der Waals surface area contributed by atoms with Crippen LogP contribution in [-0.4, -0.2) is 44.0 Å². The van der Waals surface area contributed by atoms with E-state index >= 15 is 0 Å². The maximum atomic E-state index is 12.2. The Bertz CT molecular complexity index is 568. The number of nitrogens with zero attached hydrogens (tertiary/aromatic N) is 2. The number of rotatable bonds is 6. The van der Waals surface area contributed by atoms with Crippen molar-refractivity contribution in [2.45, 2.75) is 26.4 Å². The monoisotopic (exact) mass is 326 g/mol. The van der Waals surface area contributed by atoms with Crippen LogP contribution in [0.25, 0.3) is 0 Å². The zero-order chi connectivity index (χ0) is 17.6. The molecule has 1 aromatic carbocycles. The highest BCUT2D eigenvalue weighted by Gasteiger charge is 2.24. The Morgan fingerprint density at radius 3 is 2.48 bits per heavy atom. The molecule has 0 N–H and O–H groups in total. The van der Waals surface area contributed by atoms with Crippen molar-refractivity contribution in [3.05, 3.63) is 28.3 Å². The average Bonchev–Trinajstić information content (AvgIpc) is 2.45. The lowest BCUT2D eigenvalue weighted by Gasteiger charge is -2.25. The molecule has 0 heterocycles. The van der Waals surface area contributed by atoms with Gasteiger partial charge in [0.15, 0.2) is 0 Å². The number of nitro groups is 1. The molecule has 0 atom stereocenters. The van der Waals surface area contributed by atoms with E-state index in [9.17, 15) is 14.9 Å². The highest BCUT2D eigenvalue weighted by molar-refractivity contribution is 5.89. The molecule has 0 aliphatic heterocycles. The number of benzene rings is 1. The fourth-order valence-corrected chi connectivity index (χ4v) is 1.67. The summed E-state index contributed by atoms with van der Waals surface area (Å²) in [5.41, 5.74) is -0.567. The number of methoxy groups -OCH3 is 1. The molecular formula is C15H22N2O6. The number of amides is 1. The first-order valence-corrected chi connectivity index (χ1v) is 7.02. The van der Waals surface area contributed by atoms with E-state index in [1.54, 1.807) is 20.8 Å². The number of carbonyl (C=O) groups excluding carboxylic acids is 1. The molecule has 0 fully saturated rings. The third kappa shape index (κ3) is 5.74. The molecule has 0 radical (unpaired) electrons. The van der Waals surface area contributed by atoms with Gasteiger partial charge in [-0.2, -0.15) is 0 Å². The van der Waals surface area contributed by atoms with Crippen LogP contribution in [0, 0.1) is 10.1 Å². The number of anilines is 1. The van der Waals surface area contributed by atoms with Gasteiger partial charge in [0.2, 0.25) is 0 Å². The van der Waals surface area contributed by atoms with Gasteiger partial charge in [-0.3, -0.25) is 15.0 Å². The van der Waals surface area contributed by atoms with Gasteiger partial charge in [-0.25, -0.2) is 4.79 Å². The van der Waals surface area contributed by atoms with Crippen molar-refractivity contribution in [3.63, 3.8) is 0 Å². The second-order valence-corrected chi connectivity index (χ2v) is 5.79. The van der Waals surface area contributed by atoms with E-state index in [1.165, 1.54) is 37.3 Å². The van der Waals surface area contributed by atoms with Gasteiger partial charge >= 0.3 is 6.09 Å². The van der Waals surface area contributed by atoms with Crippen LogP contribution in [0.1, 0.15) is 20.8 Å². The minimum absolute atomic E-state index is 0.144. The molecule has 8 heteroatoms. The van der Waals surface area contributed by atoms with Gasteiger partial charge in [-0.15, -0.1) is 0 Å². The molecule has 128 valence electrons. The summed E-state index contributed by atoms with van der Waals surface area (Å²) in [7, 11) is 3.00. The van der Waals surface area contributed by atoms with Crippen LogP contribution < -0.4 is 9.64 Å². The van der Waals surface area contributed by atoms with Crippen LogP contribution in [0.3, 0.4) is 0 Å². The second-order valence-electron chi connectivity index (χ2n) is 5.79. The molecule has 8 nitrogen and oxygen atoms in total. The van der Waals surface area contributed by atoms with Crippen LogP contribution in [0.15, 0.2) is 18.2 Å². The van der Waals surface area contributed by atoms with Crippen LogP contribution in [0.2, 0.25) is 0 Å². The first kappa shape index (κ1) is 18.7. The third-order valence-electron chi connectivity index (χ3n) is 2.73. The topological polar surface area (TPSA) is 91.1 Å². The number of hydrogen-bond donors (Lipinski definition) is 0. The van der Waals surface area contributed by atoms with Crippen molar-refractivity contribution in [2.75, 3.05) is 32.3 Å². The summed E-state index contributed by atoms with van der Waals surface area (Å²) in [5, 5.41) is 11.0. The largest absolute Gasteiger partial charge is 0.489 e. The maximum absolute atomic E-state index is 12.2. The van der Waals surface area contributed by atoms with Gasteiger partial charge in [0, 0.05) is 26.3 Å². The van der Waals surface area contributed by atoms with E-state index in [0.717, 1.165) is 0 Å². The molecule has 0 saturated heterocycles. The summed E-state index contributed by atoms with van der Waals surface area (Å²) in [4.78, 5) is 23.8.